The van der Waals surface area contributed by atoms with E-state index in [2.05, 4.69) is 23.4 Å². The Bertz CT molecular complexity index is 967. The Hall–Kier alpha value is -2.89. The van der Waals surface area contributed by atoms with Crippen molar-refractivity contribution in [2.45, 2.75) is 33.2 Å². The summed E-state index contributed by atoms with van der Waals surface area (Å²) in [6.45, 7) is 6.96. The fraction of sp³-hybridized carbons (Fsp3) is 0.435. The molecule has 0 N–H and O–H groups in total. The number of fused-ring (bicyclic) bond motifs is 1. The molecule has 1 aliphatic rings. The van der Waals surface area contributed by atoms with E-state index in [-0.39, 0.29) is 12.5 Å². The second-order valence-corrected chi connectivity index (χ2v) is 8.18. The van der Waals surface area contributed by atoms with Gasteiger partial charge in [0.2, 0.25) is 0 Å². The van der Waals surface area contributed by atoms with E-state index >= 15 is 0 Å². The second-order valence-electron chi connectivity index (χ2n) is 8.18. The molecule has 0 spiro atoms. The molecular weight excluding hydrogens is 364 g/mol. The Morgan fingerprint density at radius 3 is 2.83 bits per heavy atom. The van der Waals surface area contributed by atoms with E-state index in [1.165, 1.54) is 0 Å². The summed E-state index contributed by atoms with van der Waals surface area (Å²) in [4.78, 5) is 23.9. The molecule has 3 heterocycles. The van der Waals surface area contributed by atoms with Gasteiger partial charge in [0.05, 0.1) is 0 Å². The number of nitrogens with zero attached hydrogens (tertiary/aromatic N) is 4. The van der Waals surface area contributed by atoms with Gasteiger partial charge < -0.3 is 14.2 Å². The minimum atomic E-state index is 0.0497. The van der Waals surface area contributed by atoms with E-state index in [0.29, 0.717) is 11.8 Å². The zero-order chi connectivity index (χ0) is 20.2. The van der Waals surface area contributed by atoms with Gasteiger partial charge in [-0.1, -0.05) is 32.0 Å². The molecule has 1 aliphatic heterocycles. The van der Waals surface area contributed by atoms with Crippen LogP contribution in [0.1, 0.15) is 26.1 Å². The zero-order valence-electron chi connectivity index (χ0n) is 17.1. The number of rotatable bonds is 7. The van der Waals surface area contributed by atoms with E-state index in [1.54, 1.807) is 0 Å². The van der Waals surface area contributed by atoms with E-state index in [1.807, 2.05) is 53.6 Å². The standard InChI is InChI=1S/C23H28N4O2/c1-17(2)14-27-21(25-20-9-6-11-24-23(20)27)13-18-10-12-26(15-18)22(28)16-29-19-7-4-3-5-8-19/h3-9,11,17-18H,10,12-16H2,1-2H3. The first-order valence-electron chi connectivity index (χ1n) is 10.4. The van der Waals surface area contributed by atoms with E-state index in [9.17, 15) is 4.79 Å². The van der Waals surface area contributed by atoms with Crippen molar-refractivity contribution < 1.29 is 9.53 Å². The van der Waals surface area contributed by atoms with Crippen molar-refractivity contribution in [1.29, 1.82) is 0 Å². The molecule has 1 unspecified atom stereocenters. The highest BCUT2D eigenvalue weighted by atomic mass is 16.5. The quantitative estimate of drug-likeness (QED) is 0.617. The molecule has 1 aromatic carbocycles. The number of ether oxygens (including phenoxy) is 1. The molecule has 2 aromatic heterocycles. The van der Waals surface area contributed by atoms with Crippen LogP contribution in [-0.2, 0) is 17.8 Å². The van der Waals surface area contributed by atoms with Gasteiger partial charge >= 0.3 is 0 Å². The summed E-state index contributed by atoms with van der Waals surface area (Å²) >= 11 is 0. The number of carbonyl (C=O) groups excluding carboxylic acids is 1. The number of aromatic nitrogens is 3. The lowest BCUT2D eigenvalue weighted by atomic mass is 10.0. The van der Waals surface area contributed by atoms with Crippen molar-refractivity contribution in [2.75, 3.05) is 19.7 Å². The van der Waals surface area contributed by atoms with Crippen molar-refractivity contribution in [3.05, 3.63) is 54.5 Å². The van der Waals surface area contributed by atoms with Crippen molar-refractivity contribution in [3.63, 3.8) is 0 Å². The number of hydrogen-bond acceptors (Lipinski definition) is 4. The monoisotopic (exact) mass is 392 g/mol. The molecule has 6 heteroatoms. The Morgan fingerprint density at radius 1 is 1.21 bits per heavy atom. The summed E-state index contributed by atoms with van der Waals surface area (Å²) in [6.07, 6.45) is 3.69. The molecule has 0 aliphatic carbocycles. The zero-order valence-corrected chi connectivity index (χ0v) is 17.1. The summed E-state index contributed by atoms with van der Waals surface area (Å²) in [5, 5.41) is 0. The van der Waals surface area contributed by atoms with Crippen LogP contribution in [0.4, 0.5) is 0 Å². The Balaban J connectivity index is 1.39. The number of carbonyl (C=O) groups is 1. The van der Waals surface area contributed by atoms with Gasteiger partial charge in [0, 0.05) is 32.3 Å². The third-order valence-electron chi connectivity index (χ3n) is 5.35. The van der Waals surface area contributed by atoms with Gasteiger partial charge in [-0.05, 0) is 42.5 Å². The topological polar surface area (TPSA) is 60.2 Å². The maximum absolute atomic E-state index is 12.5. The average molecular weight is 393 g/mol. The molecule has 0 saturated carbocycles. The fourth-order valence-electron chi connectivity index (χ4n) is 3.96. The van der Waals surface area contributed by atoms with Gasteiger partial charge in [0.15, 0.2) is 12.3 Å². The molecule has 0 bridgehead atoms. The normalized spacial score (nSPS) is 16.7. The predicted molar refractivity (Wildman–Crippen MR) is 113 cm³/mol. The van der Waals surface area contributed by atoms with E-state index in [4.69, 9.17) is 9.72 Å². The van der Waals surface area contributed by atoms with Crippen LogP contribution in [0.2, 0.25) is 0 Å². The molecule has 1 amide bonds. The minimum absolute atomic E-state index is 0.0497. The van der Waals surface area contributed by atoms with Gasteiger partial charge in [-0.3, -0.25) is 4.79 Å². The molecule has 29 heavy (non-hydrogen) atoms. The van der Waals surface area contributed by atoms with Gasteiger partial charge in [0.25, 0.3) is 5.91 Å². The lowest BCUT2D eigenvalue weighted by Gasteiger charge is -2.17. The van der Waals surface area contributed by atoms with Crippen molar-refractivity contribution in [3.8, 4) is 5.75 Å². The van der Waals surface area contributed by atoms with Gasteiger partial charge in [-0.2, -0.15) is 0 Å². The highest BCUT2D eigenvalue weighted by Gasteiger charge is 2.28. The first-order chi connectivity index (χ1) is 14.1. The van der Waals surface area contributed by atoms with Crippen LogP contribution in [0, 0.1) is 11.8 Å². The molecule has 3 aromatic rings. The summed E-state index contributed by atoms with van der Waals surface area (Å²) < 4.78 is 7.87. The van der Waals surface area contributed by atoms with Crippen LogP contribution in [0.3, 0.4) is 0 Å². The molecule has 0 radical (unpaired) electrons. The number of hydrogen-bond donors (Lipinski definition) is 0. The van der Waals surface area contributed by atoms with Gasteiger partial charge in [-0.25, -0.2) is 9.97 Å². The number of pyridine rings is 1. The molecule has 1 fully saturated rings. The summed E-state index contributed by atoms with van der Waals surface area (Å²) in [5.41, 5.74) is 1.91. The van der Waals surface area contributed by atoms with Crippen molar-refractivity contribution in [1.82, 2.24) is 19.4 Å². The van der Waals surface area contributed by atoms with Gasteiger partial charge in [-0.15, -0.1) is 0 Å². The van der Waals surface area contributed by atoms with Crippen LogP contribution in [0.25, 0.3) is 11.2 Å². The average Bonchev–Trinajstić information content (AvgIpc) is 3.32. The summed E-state index contributed by atoms with van der Waals surface area (Å²) in [5.74, 6) is 2.79. The first kappa shape index (κ1) is 19.4. The van der Waals surface area contributed by atoms with Crippen LogP contribution in [0.5, 0.6) is 5.75 Å². The molecular formula is C23H28N4O2. The third-order valence-corrected chi connectivity index (χ3v) is 5.35. The van der Waals surface area contributed by atoms with Crippen molar-refractivity contribution in [2.24, 2.45) is 11.8 Å². The first-order valence-corrected chi connectivity index (χ1v) is 10.4. The minimum Gasteiger partial charge on any atom is -0.484 e. The second kappa shape index (κ2) is 8.64. The summed E-state index contributed by atoms with van der Waals surface area (Å²) in [6, 6.07) is 13.4. The fourth-order valence-corrected chi connectivity index (χ4v) is 3.96. The number of likely N-dealkylation sites (tertiary alicyclic amines) is 1. The van der Waals surface area contributed by atoms with Crippen LogP contribution < -0.4 is 4.74 Å². The van der Waals surface area contributed by atoms with E-state index < -0.39 is 0 Å². The predicted octanol–water partition coefficient (Wildman–Crippen LogP) is 3.56. The molecule has 1 atom stereocenters. The third kappa shape index (κ3) is 4.58. The maximum atomic E-state index is 12.5. The number of para-hydroxylation sites is 1. The van der Waals surface area contributed by atoms with Gasteiger partial charge in [0.1, 0.15) is 17.1 Å². The number of amides is 1. The Labute approximate surface area is 171 Å². The Morgan fingerprint density at radius 2 is 2.03 bits per heavy atom. The van der Waals surface area contributed by atoms with E-state index in [0.717, 1.165) is 55.2 Å². The number of benzene rings is 1. The molecule has 152 valence electrons. The SMILES string of the molecule is CC(C)Cn1c(CC2CCN(C(=O)COc3ccccc3)C2)nc2cccnc21. The van der Waals surface area contributed by atoms with Crippen LogP contribution >= 0.6 is 0 Å². The molecule has 1 saturated heterocycles. The summed E-state index contributed by atoms with van der Waals surface area (Å²) in [7, 11) is 0. The Kier molecular flexibility index (Phi) is 5.79. The largest absolute Gasteiger partial charge is 0.484 e. The van der Waals surface area contributed by atoms with Crippen LogP contribution in [0.15, 0.2) is 48.7 Å². The maximum Gasteiger partial charge on any atom is 0.260 e. The molecule has 6 nitrogen and oxygen atoms in total. The van der Waals surface area contributed by atoms with Crippen molar-refractivity contribution >= 4 is 17.1 Å². The lowest BCUT2D eigenvalue weighted by Crippen LogP contribution is -2.33. The van der Waals surface area contributed by atoms with Crippen LogP contribution in [-0.4, -0.2) is 45.0 Å². The highest BCUT2D eigenvalue weighted by Crippen LogP contribution is 2.24. The lowest BCUT2D eigenvalue weighted by molar-refractivity contribution is -0.132. The smallest absolute Gasteiger partial charge is 0.260 e. The highest BCUT2D eigenvalue weighted by molar-refractivity contribution is 5.78. The molecule has 4 rings (SSSR count). The number of imidazole rings is 1.